The first-order valence-corrected chi connectivity index (χ1v) is 4.14. The summed E-state index contributed by atoms with van der Waals surface area (Å²) in [7, 11) is 0. The summed E-state index contributed by atoms with van der Waals surface area (Å²) >= 11 is 0. The van der Waals surface area contributed by atoms with Crippen LogP contribution in [0.1, 0.15) is 10.4 Å². The van der Waals surface area contributed by atoms with E-state index in [1.165, 1.54) is 23.0 Å². The van der Waals surface area contributed by atoms with Crippen LogP contribution in [0.5, 0.6) is 0 Å². The molecule has 0 atom stereocenters. The highest BCUT2D eigenvalue weighted by Crippen LogP contribution is 2.14. The van der Waals surface area contributed by atoms with Gasteiger partial charge in [0, 0.05) is 0 Å². The van der Waals surface area contributed by atoms with Crippen molar-refractivity contribution in [3.05, 3.63) is 42.0 Å². The number of carbonyl (C=O) groups excluding carboxylic acids is 1. The molecule has 0 bridgehead atoms. The van der Waals surface area contributed by atoms with Gasteiger partial charge in [-0.25, -0.2) is 9.07 Å². The molecule has 0 radical (unpaired) electrons. The molecule has 2 N–H and O–H groups in total. The fourth-order valence-electron chi connectivity index (χ4n) is 1.24. The van der Waals surface area contributed by atoms with Crippen LogP contribution in [0, 0.1) is 5.82 Å². The number of rotatable bonds is 2. The van der Waals surface area contributed by atoms with Gasteiger partial charge in [0.15, 0.2) is 0 Å². The molecule has 0 saturated heterocycles. The van der Waals surface area contributed by atoms with Gasteiger partial charge in [-0.1, -0.05) is 5.21 Å². The van der Waals surface area contributed by atoms with Crippen molar-refractivity contribution >= 4 is 5.91 Å². The first-order chi connectivity index (χ1) is 7.18. The molecule has 1 amide bonds. The van der Waals surface area contributed by atoms with E-state index in [0.29, 0.717) is 5.69 Å². The lowest BCUT2D eigenvalue weighted by atomic mass is 10.1. The van der Waals surface area contributed by atoms with E-state index in [1.807, 2.05) is 0 Å². The van der Waals surface area contributed by atoms with E-state index in [0.717, 1.165) is 6.07 Å². The minimum Gasteiger partial charge on any atom is -0.366 e. The molecule has 0 aliphatic carbocycles. The first-order valence-electron chi connectivity index (χ1n) is 4.14. The van der Waals surface area contributed by atoms with Crippen molar-refractivity contribution in [1.82, 2.24) is 15.0 Å². The molecule has 2 rings (SSSR count). The van der Waals surface area contributed by atoms with Crippen molar-refractivity contribution in [2.45, 2.75) is 0 Å². The molecule has 5 nitrogen and oxygen atoms in total. The number of aromatic nitrogens is 3. The molecule has 76 valence electrons. The van der Waals surface area contributed by atoms with Gasteiger partial charge < -0.3 is 5.73 Å². The summed E-state index contributed by atoms with van der Waals surface area (Å²) in [6, 6.07) is 3.72. The smallest absolute Gasteiger partial charge is 0.250 e. The summed E-state index contributed by atoms with van der Waals surface area (Å²) in [4.78, 5) is 11.1. The van der Waals surface area contributed by atoms with Crippen molar-refractivity contribution in [3.8, 4) is 5.69 Å². The average Bonchev–Trinajstić information content (AvgIpc) is 2.70. The summed E-state index contributed by atoms with van der Waals surface area (Å²) in [6.07, 6.45) is 2.99. The fourth-order valence-corrected chi connectivity index (χ4v) is 1.24. The third-order valence-electron chi connectivity index (χ3n) is 1.89. The number of nitrogens with zero attached hydrogens (tertiary/aromatic N) is 3. The Hall–Kier alpha value is -2.24. The van der Waals surface area contributed by atoms with Crippen molar-refractivity contribution in [1.29, 1.82) is 0 Å². The third kappa shape index (κ3) is 1.69. The van der Waals surface area contributed by atoms with Crippen molar-refractivity contribution in [3.63, 3.8) is 0 Å². The van der Waals surface area contributed by atoms with Crippen LogP contribution in [0.4, 0.5) is 4.39 Å². The van der Waals surface area contributed by atoms with Crippen LogP contribution in [-0.2, 0) is 0 Å². The number of nitrogens with two attached hydrogens (primary N) is 1. The zero-order valence-electron chi connectivity index (χ0n) is 7.59. The van der Waals surface area contributed by atoms with Crippen LogP contribution in [-0.4, -0.2) is 20.9 Å². The van der Waals surface area contributed by atoms with Gasteiger partial charge in [-0.2, -0.15) is 0 Å². The molecule has 15 heavy (non-hydrogen) atoms. The quantitative estimate of drug-likeness (QED) is 0.777. The molecule has 0 aliphatic rings. The Morgan fingerprint density at radius 2 is 2.27 bits per heavy atom. The van der Waals surface area contributed by atoms with Gasteiger partial charge in [-0.15, -0.1) is 5.10 Å². The van der Waals surface area contributed by atoms with Crippen LogP contribution in [0.25, 0.3) is 5.69 Å². The SMILES string of the molecule is NC(=O)c1cc(F)ccc1-n1ccnn1. The number of primary amides is 1. The van der Waals surface area contributed by atoms with E-state index in [2.05, 4.69) is 10.3 Å². The summed E-state index contributed by atoms with van der Waals surface area (Å²) in [5.74, 6) is -1.23. The number of benzene rings is 1. The van der Waals surface area contributed by atoms with Gasteiger partial charge >= 0.3 is 0 Å². The maximum Gasteiger partial charge on any atom is 0.250 e. The number of hydrogen-bond donors (Lipinski definition) is 1. The van der Waals surface area contributed by atoms with Crippen LogP contribution >= 0.6 is 0 Å². The fraction of sp³-hybridized carbons (Fsp3) is 0. The molecule has 2 aromatic rings. The standard InChI is InChI=1S/C9H7FN4O/c10-6-1-2-8(7(5-6)9(11)15)14-4-3-12-13-14/h1-5H,(H2,11,15). The van der Waals surface area contributed by atoms with Crippen molar-refractivity contribution in [2.24, 2.45) is 5.73 Å². The van der Waals surface area contributed by atoms with E-state index in [9.17, 15) is 9.18 Å². The van der Waals surface area contributed by atoms with Gasteiger partial charge in [-0.3, -0.25) is 4.79 Å². The van der Waals surface area contributed by atoms with E-state index in [-0.39, 0.29) is 5.56 Å². The van der Waals surface area contributed by atoms with Crippen LogP contribution in [0.2, 0.25) is 0 Å². The maximum absolute atomic E-state index is 12.9. The third-order valence-corrected chi connectivity index (χ3v) is 1.89. The lowest BCUT2D eigenvalue weighted by molar-refractivity contribution is 0.0999. The number of amides is 1. The highest BCUT2D eigenvalue weighted by atomic mass is 19.1. The van der Waals surface area contributed by atoms with Crippen molar-refractivity contribution < 1.29 is 9.18 Å². The monoisotopic (exact) mass is 206 g/mol. The Morgan fingerprint density at radius 1 is 1.47 bits per heavy atom. The second-order valence-electron chi connectivity index (χ2n) is 2.87. The predicted octanol–water partition coefficient (Wildman–Crippen LogP) is 0.505. The Bertz CT molecular complexity index is 495. The molecule has 6 heteroatoms. The van der Waals surface area contributed by atoms with Crippen molar-refractivity contribution in [2.75, 3.05) is 0 Å². The molecule has 0 spiro atoms. The minimum absolute atomic E-state index is 0.0699. The van der Waals surface area contributed by atoms with E-state index in [4.69, 9.17) is 5.73 Å². The maximum atomic E-state index is 12.9. The summed E-state index contributed by atoms with van der Waals surface area (Å²) in [5.41, 5.74) is 5.60. The highest BCUT2D eigenvalue weighted by Gasteiger charge is 2.11. The van der Waals surface area contributed by atoms with E-state index in [1.54, 1.807) is 6.20 Å². The van der Waals surface area contributed by atoms with Gasteiger partial charge in [0.2, 0.25) is 0 Å². The molecular weight excluding hydrogens is 199 g/mol. The van der Waals surface area contributed by atoms with Crippen LogP contribution in [0.3, 0.4) is 0 Å². The Kier molecular flexibility index (Phi) is 2.17. The van der Waals surface area contributed by atoms with Gasteiger partial charge in [-0.05, 0) is 18.2 Å². The first kappa shape index (κ1) is 9.32. The molecule has 1 aromatic carbocycles. The number of carbonyl (C=O) groups is 1. The zero-order valence-corrected chi connectivity index (χ0v) is 7.59. The molecule has 1 aromatic heterocycles. The lowest BCUT2D eigenvalue weighted by Gasteiger charge is -2.05. The van der Waals surface area contributed by atoms with E-state index < -0.39 is 11.7 Å². The Balaban J connectivity index is 2.61. The molecule has 0 fully saturated rings. The Morgan fingerprint density at radius 3 is 2.87 bits per heavy atom. The van der Waals surface area contributed by atoms with Crippen LogP contribution < -0.4 is 5.73 Å². The Labute approximate surface area is 84.3 Å². The average molecular weight is 206 g/mol. The zero-order chi connectivity index (χ0) is 10.8. The summed E-state index contributed by atoms with van der Waals surface area (Å²) in [5, 5.41) is 7.28. The lowest BCUT2D eigenvalue weighted by Crippen LogP contribution is -2.15. The second kappa shape index (κ2) is 3.49. The summed E-state index contributed by atoms with van der Waals surface area (Å²) < 4.78 is 14.2. The molecule has 0 saturated carbocycles. The number of halogens is 1. The largest absolute Gasteiger partial charge is 0.366 e. The molecule has 0 aliphatic heterocycles. The number of hydrogen-bond acceptors (Lipinski definition) is 3. The predicted molar refractivity (Wildman–Crippen MR) is 49.8 cm³/mol. The van der Waals surface area contributed by atoms with Gasteiger partial charge in [0.25, 0.3) is 5.91 Å². The molecule has 0 unspecified atom stereocenters. The summed E-state index contributed by atoms with van der Waals surface area (Å²) in [6.45, 7) is 0. The van der Waals surface area contributed by atoms with E-state index >= 15 is 0 Å². The topological polar surface area (TPSA) is 73.8 Å². The molecule has 1 heterocycles. The van der Waals surface area contributed by atoms with Gasteiger partial charge in [0.1, 0.15) is 5.82 Å². The van der Waals surface area contributed by atoms with Crippen LogP contribution in [0.15, 0.2) is 30.6 Å². The molecular formula is C9H7FN4O. The normalized spacial score (nSPS) is 10.2. The second-order valence-corrected chi connectivity index (χ2v) is 2.87. The van der Waals surface area contributed by atoms with Gasteiger partial charge in [0.05, 0.1) is 23.6 Å². The highest BCUT2D eigenvalue weighted by molar-refractivity contribution is 5.96. The minimum atomic E-state index is -0.708.